The fourth-order valence-corrected chi connectivity index (χ4v) is 6.92. The summed E-state index contributed by atoms with van der Waals surface area (Å²) in [7, 11) is -3.73. The number of hydrogen-bond acceptors (Lipinski definition) is 5. The van der Waals surface area contributed by atoms with Crippen molar-refractivity contribution in [2.75, 3.05) is 17.5 Å². The number of hydrogen-bond donors (Lipinski definition) is 0. The van der Waals surface area contributed by atoms with E-state index in [4.69, 9.17) is 4.74 Å². The summed E-state index contributed by atoms with van der Waals surface area (Å²) >= 11 is 1.39. The Labute approximate surface area is 213 Å². The van der Waals surface area contributed by atoms with Crippen LogP contribution in [-0.4, -0.2) is 32.0 Å². The third-order valence-corrected chi connectivity index (χ3v) is 8.88. The largest absolute Gasteiger partial charge is 0.492 e. The minimum Gasteiger partial charge on any atom is -0.492 e. The molecule has 0 spiro atoms. The van der Waals surface area contributed by atoms with Crippen LogP contribution >= 0.6 is 11.3 Å². The van der Waals surface area contributed by atoms with Crippen molar-refractivity contribution in [2.24, 2.45) is 4.99 Å². The molecule has 1 aliphatic rings. The Morgan fingerprint density at radius 3 is 2.64 bits per heavy atom. The van der Waals surface area contributed by atoms with E-state index in [1.165, 1.54) is 39.9 Å². The van der Waals surface area contributed by atoms with Crippen molar-refractivity contribution in [2.45, 2.75) is 24.8 Å². The van der Waals surface area contributed by atoms with Gasteiger partial charge in [-0.1, -0.05) is 41.7 Å². The predicted molar refractivity (Wildman–Crippen MR) is 142 cm³/mol. The van der Waals surface area contributed by atoms with E-state index in [0.29, 0.717) is 42.2 Å². The highest BCUT2D eigenvalue weighted by Crippen LogP contribution is 2.33. The van der Waals surface area contributed by atoms with Gasteiger partial charge in [-0.15, -0.1) is 6.58 Å². The second-order valence-corrected chi connectivity index (χ2v) is 11.1. The molecule has 4 aromatic rings. The minimum atomic E-state index is -3.73. The van der Waals surface area contributed by atoms with Crippen LogP contribution in [0.15, 0.2) is 89.3 Å². The molecule has 0 radical (unpaired) electrons. The number of fused-ring (bicyclic) bond motifs is 2. The van der Waals surface area contributed by atoms with Crippen molar-refractivity contribution >= 4 is 43.2 Å². The number of amides is 1. The van der Waals surface area contributed by atoms with E-state index in [1.807, 2.05) is 54.0 Å². The highest BCUT2D eigenvalue weighted by Gasteiger charge is 2.30. The number of carbonyl (C=O) groups is 1. The smallest absolute Gasteiger partial charge is 0.279 e. The van der Waals surface area contributed by atoms with Gasteiger partial charge in [0.05, 0.1) is 21.9 Å². The van der Waals surface area contributed by atoms with E-state index in [2.05, 4.69) is 11.6 Å². The van der Waals surface area contributed by atoms with Crippen LogP contribution in [-0.2, 0) is 23.0 Å². The summed E-state index contributed by atoms with van der Waals surface area (Å²) in [5.74, 6) is 0.271. The standard InChI is InChI=1S/C27H25N3O4S2/c1-3-17-29-25-23(34-4-2)10-7-11-24(25)35-27(29)28-26(31)20-12-14-21(15-13-20)36(32,33)30-18-16-19-8-5-6-9-22(19)30/h3,5-15H,1,4,16-18H2,2H3. The normalized spacial score (nSPS) is 13.7. The van der Waals surface area contributed by atoms with Crippen molar-refractivity contribution in [3.63, 3.8) is 0 Å². The van der Waals surface area contributed by atoms with Gasteiger partial charge in [0.15, 0.2) is 4.80 Å². The monoisotopic (exact) mass is 519 g/mol. The Kier molecular flexibility index (Phi) is 6.51. The number of sulfonamides is 1. The van der Waals surface area contributed by atoms with E-state index < -0.39 is 15.9 Å². The van der Waals surface area contributed by atoms with Crippen LogP contribution < -0.4 is 13.8 Å². The molecule has 3 aromatic carbocycles. The van der Waals surface area contributed by atoms with Gasteiger partial charge in [0.2, 0.25) is 0 Å². The first-order chi connectivity index (χ1) is 17.4. The van der Waals surface area contributed by atoms with E-state index in [1.54, 1.807) is 6.08 Å². The van der Waals surface area contributed by atoms with E-state index >= 15 is 0 Å². The number of para-hydroxylation sites is 2. The summed E-state index contributed by atoms with van der Waals surface area (Å²) in [5, 5.41) is 0. The highest BCUT2D eigenvalue weighted by atomic mass is 32.2. The maximum absolute atomic E-state index is 13.3. The topological polar surface area (TPSA) is 81.0 Å². The molecule has 7 nitrogen and oxygen atoms in total. The van der Waals surface area contributed by atoms with Crippen molar-refractivity contribution in [1.82, 2.24) is 4.57 Å². The molecule has 1 aromatic heterocycles. The summed E-state index contributed by atoms with van der Waals surface area (Å²) in [6.45, 7) is 7.14. The summed E-state index contributed by atoms with van der Waals surface area (Å²) in [5.41, 5.74) is 2.89. The molecule has 5 rings (SSSR count). The second kappa shape index (κ2) is 9.75. The average Bonchev–Trinajstić information content (AvgIpc) is 3.47. The van der Waals surface area contributed by atoms with E-state index in [0.717, 1.165) is 21.5 Å². The number of anilines is 1. The molecule has 0 atom stereocenters. The fourth-order valence-electron chi connectivity index (χ4n) is 4.36. The molecule has 0 fully saturated rings. The fraction of sp³-hybridized carbons (Fsp3) is 0.185. The van der Waals surface area contributed by atoms with Gasteiger partial charge >= 0.3 is 0 Å². The summed E-state index contributed by atoms with van der Waals surface area (Å²) in [6.07, 6.45) is 2.42. The first-order valence-electron chi connectivity index (χ1n) is 11.6. The molecular formula is C27H25N3O4S2. The molecule has 0 saturated heterocycles. The third kappa shape index (κ3) is 4.25. The van der Waals surface area contributed by atoms with Crippen molar-refractivity contribution in [3.05, 3.63) is 95.3 Å². The lowest BCUT2D eigenvalue weighted by molar-refractivity contribution is 0.0997. The number of ether oxygens (including phenoxy) is 1. The number of aromatic nitrogens is 1. The summed E-state index contributed by atoms with van der Waals surface area (Å²) in [6, 6.07) is 19.2. The van der Waals surface area contributed by atoms with Gasteiger partial charge in [-0.05, 0) is 61.4 Å². The van der Waals surface area contributed by atoms with Gasteiger partial charge in [0.25, 0.3) is 15.9 Å². The Morgan fingerprint density at radius 2 is 1.89 bits per heavy atom. The molecule has 0 aliphatic carbocycles. The lowest BCUT2D eigenvalue weighted by Crippen LogP contribution is -2.29. The number of carbonyl (C=O) groups excluding carboxylic acids is 1. The Balaban J connectivity index is 1.48. The lowest BCUT2D eigenvalue weighted by Gasteiger charge is -2.19. The molecule has 9 heteroatoms. The van der Waals surface area contributed by atoms with Gasteiger partial charge < -0.3 is 9.30 Å². The Morgan fingerprint density at radius 1 is 1.11 bits per heavy atom. The third-order valence-electron chi connectivity index (χ3n) is 6.01. The van der Waals surface area contributed by atoms with Crippen LogP contribution in [0.2, 0.25) is 0 Å². The summed E-state index contributed by atoms with van der Waals surface area (Å²) < 4.78 is 36.6. The SMILES string of the molecule is C=CCn1c(=NC(=O)c2ccc(S(=O)(=O)N3CCc4ccccc43)cc2)sc2cccc(OCC)c21. The zero-order valence-electron chi connectivity index (χ0n) is 19.8. The molecule has 0 saturated carbocycles. The molecule has 0 N–H and O–H groups in total. The lowest BCUT2D eigenvalue weighted by atomic mass is 10.2. The first-order valence-corrected chi connectivity index (χ1v) is 13.9. The van der Waals surface area contributed by atoms with E-state index in [-0.39, 0.29) is 4.90 Å². The summed E-state index contributed by atoms with van der Waals surface area (Å²) in [4.78, 5) is 18.1. The van der Waals surface area contributed by atoms with Gasteiger partial charge in [-0.2, -0.15) is 4.99 Å². The molecular weight excluding hydrogens is 494 g/mol. The number of nitrogens with zero attached hydrogens (tertiary/aromatic N) is 3. The second-order valence-electron chi connectivity index (χ2n) is 8.22. The maximum Gasteiger partial charge on any atom is 0.279 e. The molecule has 36 heavy (non-hydrogen) atoms. The predicted octanol–water partition coefficient (Wildman–Crippen LogP) is 4.78. The van der Waals surface area contributed by atoms with E-state index in [9.17, 15) is 13.2 Å². The zero-order valence-corrected chi connectivity index (χ0v) is 21.4. The Bertz CT molecular complexity index is 1630. The van der Waals surface area contributed by atoms with Crippen molar-refractivity contribution in [1.29, 1.82) is 0 Å². The van der Waals surface area contributed by atoms with Crippen LogP contribution in [0.25, 0.3) is 10.2 Å². The Hall–Kier alpha value is -3.69. The molecule has 1 aliphatic heterocycles. The van der Waals surface area contributed by atoms with Crippen LogP contribution in [0.3, 0.4) is 0 Å². The maximum atomic E-state index is 13.3. The van der Waals surface area contributed by atoms with Gasteiger partial charge in [-0.3, -0.25) is 9.10 Å². The van der Waals surface area contributed by atoms with Gasteiger partial charge in [0, 0.05) is 18.7 Å². The quantitative estimate of drug-likeness (QED) is 0.329. The van der Waals surface area contributed by atoms with Crippen LogP contribution in [0.5, 0.6) is 5.75 Å². The van der Waals surface area contributed by atoms with Crippen LogP contribution in [0, 0.1) is 0 Å². The number of thiazole rings is 1. The van der Waals surface area contributed by atoms with Crippen LogP contribution in [0.4, 0.5) is 5.69 Å². The average molecular weight is 520 g/mol. The van der Waals surface area contributed by atoms with Crippen molar-refractivity contribution in [3.8, 4) is 5.75 Å². The first kappa shape index (κ1) is 24.0. The number of rotatable bonds is 7. The van der Waals surface area contributed by atoms with Gasteiger partial charge in [-0.25, -0.2) is 8.42 Å². The number of benzene rings is 3. The molecule has 2 heterocycles. The molecule has 0 bridgehead atoms. The minimum absolute atomic E-state index is 0.140. The molecule has 0 unspecified atom stereocenters. The zero-order chi connectivity index (χ0) is 25.3. The highest BCUT2D eigenvalue weighted by molar-refractivity contribution is 7.92. The van der Waals surface area contributed by atoms with Crippen LogP contribution in [0.1, 0.15) is 22.8 Å². The molecule has 184 valence electrons. The number of allylic oxidation sites excluding steroid dienone is 1. The van der Waals surface area contributed by atoms with Crippen molar-refractivity contribution < 1.29 is 17.9 Å². The molecule has 1 amide bonds. The van der Waals surface area contributed by atoms with Gasteiger partial charge in [0.1, 0.15) is 11.3 Å².